The van der Waals surface area contributed by atoms with Crippen LogP contribution in [0, 0.1) is 0 Å². The summed E-state index contributed by atoms with van der Waals surface area (Å²) in [6, 6.07) is 8.41. The second-order valence-corrected chi connectivity index (χ2v) is 4.38. The number of methoxy groups -OCH3 is 1. The van der Waals surface area contributed by atoms with Crippen molar-refractivity contribution in [2.24, 2.45) is 0 Å². The van der Waals surface area contributed by atoms with Crippen molar-refractivity contribution >= 4 is 5.69 Å². The van der Waals surface area contributed by atoms with Crippen molar-refractivity contribution in [2.75, 3.05) is 32.2 Å². The maximum atomic E-state index is 5.51. The third-order valence-corrected chi connectivity index (χ3v) is 2.74. The Kier molecular flexibility index (Phi) is 8.26. The van der Waals surface area contributed by atoms with Gasteiger partial charge in [0.2, 0.25) is 0 Å². The number of hydrogen-bond acceptors (Lipinski definition) is 3. The number of anilines is 1. The smallest absolute Gasteiger partial charge is 0.0718 e. The maximum Gasteiger partial charge on any atom is 0.0718 e. The summed E-state index contributed by atoms with van der Waals surface area (Å²) in [5, 5.41) is 3.44. The Bertz CT molecular complexity index is 288. The lowest BCUT2D eigenvalue weighted by atomic mass is 10.2. The van der Waals surface area contributed by atoms with Gasteiger partial charge in [-0.2, -0.15) is 0 Å². The first-order valence-corrected chi connectivity index (χ1v) is 6.76. The van der Waals surface area contributed by atoms with E-state index in [0.717, 1.165) is 6.54 Å². The lowest BCUT2D eigenvalue weighted by Gasteiger charge is -2.08. The van der Waals surface area contributed by atoms with Crippen LogP contribution in [0.2, 0.25) is 0 Å². The third-order valence-electron chi connectivity index (χ3n) is 2.74. The molecule has 0 atom stereocenters. The molecule has 102 valence electrons. The van der Waals surface area contributed by atoms with Crippen LogP contribution in [-0.4, -0.2) is 26.9 Å². The van der Waals surface area contributed by atoms with E-state index < -0.39 is 0 Å². The first-order chi connectivity index (χ1) is 8.86. The van der Waals surface area contributed by atoms with Crippen LogP contribution < -0.4 is 5.32 Å². The van der Waals surface area contributed by atoms with Gasteiger partial charge in [-0.05, 0) is 24.1 Å². The molecule has 0 aromatic heterocycles. The number of ether oxygens (including phenoxy) is 2. The van der Waals surface area contributed by atoms with Crippen molar-refractivity contribution in [3.63, 3.8) is 0 Å². The molecule has 0 heterocycles. The molecule has 0 aliphatic carbocycles. The molecule has 1 rings (SSSR count). The fourth-order valence-corrected chi connectivity index (χ4v) is 1.71. The molecule has 0 bridgehead atoms. The Balaban J connectivity index is 2.27. The Labute approximate surface area is 110 Å². The number of unbranched alkanes of at least 4 members (excludes halogenated alkanes) is 2. The summed E-state index contributed by atoms with van der Waals surface area (Å²) in [4.78, 5) is 0. The highest BCUT2D eigenvalue weighted by Crippen LogP contribution is 2.11. The summed E-state index contributed by atoms with van der Waals surface area (Å²) in [5.41, 5.74) is 2.38. The number of benzene rings is 1. The van der Waals surface area contributed by atoms with Crippen LogP contribution in [0.1, 0.15) is 31.7 Å². The Morgan fingerprint density at radius 3 is 2.83 bits per heavy atom. The van der Waals surface area contributed by atoms with Crippen molar-refractivity contribution in [1.29, 1.82) is 0 Å². The minimum Gasteiger partial charge on any atom is -0.385 e. The van der Waals surface area contributed by atoms with Gasteiger partial charge in [-0.3, -0.25) is 0 Å². The zero-order chi connectivity index (χ0) is 13.1. The largest absolute Gasteiger partial charge is 0.385 e. The van der Waals surface area contributed by atoms with E-state index in [2.05, 4.69) is 36.5 Å². The highest BCUT2D eigenvalue weighted by atomic mass is 16.5. The monoisotopic (exact) mass is 251 g/mol. The van der Waals surface area contributed by atoms with Crippen LogP contribution in [0.15, 0.2) is 24.3 Å². The topological polar surface area (TPSA) is 30.5 Å². The number of nitrogens with one attached hydrogen (secondary N) is 1. The first kappa shape index (κ1) is 15.0. The highest BCUT2D eigenvalue weighted by Gasteiger charge is 1.96. The molecule has 0 saturated carbocycles. The van der Waals surface area contributed by atoms with Crippen LogP contribution in [0.3, 0.4) is 0 Å². The molecular formula is C15H25NO2. The molecule has 0 fully saturated rings. The fraction of sp³-hybridized carbons (Fsp3) is 0.600. The van der Waals surface area contributed by atoms with Crippen LogP contribution in [0.5, 0.6) is 0 Å². The van der Waals surface area contributed by atoms with E-state index >= 15 is 0 Å². The summed E-state index contributed by atoms with van der Waals surface area (Å²) in [5.74, 6) is 0. The molecular weight excluding hydrogens is 226 g/mol. The van der Waals surface area contributed by atoms with Gasteiger partial charge >= 0.3 is 0 Å². The van der Waals surface area contributed by atoms with Gasteiger partial charge in [0.15, 0.2) is 0 Å². The molecule has 1 aromatic rings. The molecule has 0 radical (unpaired) electrons. The Morgan fingerprint density at radius 1 is 1.17 bits per heavy atom. The zero-order valence-electron chi connectivity index (χ0n) is 11.6. The summed E-state index contributed by atoms with van der Waals surface area (Å²) in [6.07, 6.45) is 3.77. The van der Waals surface area contributed by atoms with Gasteiger partial charge in [0.05, 0.1) is 19.8 Å². The van der Waals surface area contributed by atoms with Crippen molar-refractivity contribution in [1.82, 2.24) is 0 Å². The van der Waals surface area contributed by atoms with Gasteiger partial charge < -0.3 is 14.8 Å². The van der Waals surface area contributed by atoms with Crippen molar-refractivity contribution in [3.8, 4) is 0 Å². The molecule has 3 heteroatoms. The van der Waals surface area contributed by atoms with Gasteiger partial charge in [-0.25, -0.2) is 0 Å². The standard InChI is InChI=1S/C15H25NO2/c1-3-4-5-9-16-15-8-6-7-14(12-15)13-18-11-10-17-2/h6-8,12,16H,3-5,9-11,13H2,1-2H3. The zero-order valence-corrected chi connectivity index (χ0v) is 11.6. The second-order valence-electron chi connectivity index (χ2n) is 4.38. The minimum absolute atomic E-state index is 0.644. The molecule has 0 aliphatic heterocycles. The van der Waals surface area contributed by atoms with Gasteiger partial charge in [-0.1, -0.05) is 31.9 Å². The number of rotatable bonds is 10. The average molecular weight is 251 g/mol. The van der Waals surface area contributed by atoms with E-state index in [1.807, 2.05) is 0 Å². The van der Waals surface area contributed by atoms with Crippen molar-refractivity contribution in [3.05, 3.63) is 29.8 Å². The quantitative estimate of drug-likeness (QED) is 0.646. The van der Waals surface area contributed by atoms with Crippen molar-refractivity contribution in [2.45, 2.75) is 32.8 Å². The molecule has 0 spiro atoms. The molecule has 0 amide bonds. The van der Waals surface area contributed by atoms with Crippen LogP contribution in [0.25, 0.3) is 0 Å². The van der Waals surface area contributed by atoms with Gasteiger partial charge in [0.25, 0.3) is 0 Å². The van der Waals surface area contributed by atoms with Crippen LogP contribution >= 0.6 is 0 Å². The van der Waals surface area contributed by atoms with Gasteiger partial charge in [-0.15, -0.1) is 0 Å². The van der Waals surface area contributed by atoms with Crippen LogP contribution in [0.4, 0.5) is 5.69 Å². The Morgan fingerprint density at radius 2 is 2.06 bits per heavy atom. The van der Waals surface area contributed by atoms with E-state index in [1.165, 1.54) is 30.5 Å². The van der Waals surface area contributed by atoms with E-state index in [-0.39, 0.29) is 0 Å². The predicted octanol–water partition coefficient (Wildman–Crippen LogP) is 3.45. The normalized spacial score (nSPS) is 10.6. The molecule has 1 N–H and O–H groups in total. The molecule has 1 aromatic carbocycles. The lowest BCUT2D eigenvalue weighted by Crippen LogP contribution is -2.03. The predicted molar refractivity (Wildman–Crippen MR) is 76.0 cm³/mol. The molecule has 18 heavy (non-hydrogen) atoms. The maximum absolute atomic E-state index is 5.51. The van der Waals surface area contributed by atoms with E-state index in [1.54, 1.807) is 7.11 Å². The van der Waals surface area contributed by atoms with Gasteiger partial charge in [0, 0.05) is 19.3 Å². The third kappa shape index (κ3) is 6.62. The van der Waals surface area contributed by atoms with Crippen LogP contribution in [-0.2, 0) is 16.1 Å². The molecule has 3 nitrogen and oxygen atoms in total. The molecule has 0 aliphatic rings. The summed E-state index contributed by atoms with van der Waals surface area (Å²) in [7, 11) is 1.68. The summed E-state index contributed by atoms with van der Waals surface area (Å²) >= 11 is 0. The fourth-order valence-electron chi connectivity index (χ4n) is 1.71. The average Bonchev–Trinajstić information content (AvgIpc) is 2.40. The van der Waals surface area contributed by atoms with Crippen molar-refractivity contribution < 1.29 is 9.47 Å². The molecule has 0 unspecified atom stereocenters. The highest BCUT2D eigenvalue weighted by molar-refractivity contribution is 5.45. The lowest BCUT2D eigenvalue weighted by molar-refractivity contribution is 0.0617. The van der Waals surface area contributed by atoms with E-state index in [4.69, 9.17) is 9.47 Å². The van der Waals surface area contributed by atoms with Gasteiger partial charge in [0.1, 0.15) is 0 Å². The Hall–Kier alpha value is -1.06. The molecule has 0 saturated heterocycles. The first-order valence-electron chi connectivity index (χ1n) is 6.76. The SMILES string of the molecule is CCCCCNc1cccc(COCCOC)c1. The van der Waals surface area contributed by atoms with E-state index in [0.29, 0.717) is 19.8 Å². The minimum atomic E-state index is 0.644. The summed E-state index contributed by atoms with van der Waals surface area (Å²) < 4.78 is 10.4. The summed E-state index contributed by atoms with van der Waals surface area (Å²) in [6.45, 7) is 5.20. The van der Waals surface area contributed by atoms with E-state index in [9.17, 15) is 0 Å². The number of hydrogen-bond donors (Lipinski definition) is 1. The second kappa shape index (κ2) is 9.92.